The van der Waals surface area contributed by atoms with E-state index in [0.717, 1.165) is 25.7 Å². The van der Waals surface area contributed by atoms with E-state index in [2.05, 4.69) is 10.6 Å². The minimum absolute atomic E-state index is 0.0645. The summed E-state index contributed by atoms with van der Waals surface area (Å²) in [5.41, 5.74) is 4.93. The summed E-state index contributed by atoms with van der Waals surface area (Å²) >= 11 is 0. The maximum absolute atomic E-state index is 11.9. The van der Waals surface area contributed by atoms with Crippen LogP contribution in [0.25, 0.3) is 0 Å². The Morgan fingerprint density at radius 3 is 2.33 bits per heavy atom. The standard InChI is InChI=1S/C15H27N3O3/c1-10(2)8-15(3,16)14(21)17-9-12(19)18-13(20)11-6-4-5-7-11/h10-11H,4-9,16H2,1-3H3,(H,17,21)(H,18,19,20)/t15-/m1/s1. The van der Waals surface area contributed by atoms with Crippen LogP contribution in [0.2, 0.25) is 0 Å². The Morgan fingerprint density at radius 1 is 1.24 bits per heavy atom. The number of rotatable bonds is 6. The zero-order valence-electron chi connectivity index (χ0n) is 13.2. The number of nitrogens with one attached hydrogen (secondary N) is 2. The lowest BCUT2D eigenvalue weighted by atomic mass is 9.91. The third-order valence-electron chi connectivity index (χ3n) is 3.75. The molecular weight excluding hydrogens is 270 g/mol. The van der Waals surface area contributed by atoms with Gasteiger partial charge in [0.1, 0.15) is 0 Å². The monoisotopic (exact) mass is 297 g/mol. The van der Waals surface area contributed by atoms with Crippen LogP contribution < -0.4 is 16.4 Å². The molecule has 1 atom stereocenters. The van der Waals surface area contributed by atoms with E-state index in [-0.39, 0.29) is 30.2 Å². The van der Waals surface area contributed by atoms with Crippen molar-refractivity contribution in [2.75, 3.05) is 6.54 Å². The van der Waals surface area contributed by atoms with E-state index in [1.165, 1.54) is 0 Å². The number of carbonyl (C=O) groups is 3. The van der Waals surface area contributed by atoms with Gasteiger partial charge in [0, 0.05) is 5.92 Å². The highest BCUT2D eigenvalue weighted by molar-refractivity contribution is 5.99. The molecule has 0 aromatic heterocycles. The van der Waals surface area contributed by atoms with E-state index in [0.29, 0.717) is 6.42 Å². The topological polar surface area (TPSA) is 101 Å². The summed E-state index contributed by atoms with van der Waals surface area (Å²) in [5, 5.41) is 4.83. The summed E-state index contributed by atoms with van der Waals surface area (Å²) < 4.78 is 0. The van der Waals surface area contributed by atoms with Crippen LogP contribution in [0.1, 0.15) is 52.9 Å². The average Bonchev–Trinajstić information content (AvgIpc) is 2.88. The largest absolute Gasteiger partial charge is 0.345 e. The quantitative estimate of drug-likeness (QED) is 0.671. The van der Waals surface area contributed by atoms with Crippen LogP contribution >= 0.6 is 0 Å². The molecule has 0 saturated heterocycles. The molecule has 6 heteroatoms. The first kappa shape index (κ1) is 17.6. The molecule has 1 aliphatic rings. The predicted octanol–water partition coefficient (Wildman–Crippen LogP) is 0.699. The second-order valence-electron chi connectivity index (χ2n) is 6.59. The normalized spacial score (nSPS) is 18.3. The molecule has 0 unspecified atom stereocenters. The van der Waals surface area contributed by atoms with Crippen LogP contribution in [0.5, 0.6) is 0 Å². The van der Waals surface area contributed by atoms with Crippen molar-refractivity contribution in [3.05, 3.63) is 0 Å². The number of carbonyl (C=O) groups excluding carboxylic acids is 3. The highest BCUT2D eigenvalue weighted by Crippen LogP contribution is 2.24. The van der Waals surface area contributed by atoms with Gasteiger partial charge in [-0.3, -0.25) is 19.7 Å². The van der Waals surface area contributed by atoms with E-state index in [4.69, 9.17) is 5.73 Å². The van der Waals surface area contributed by atoms with Crippen molar-refractivity contribution < 1.29 is 14.4 Å². The molecule has 1 rings (SSSR count). The second kappa shape index (κ2) is 7.54. The van der Waals surface area contributed by atoms with Gasteiger partial charge in [-0.05, 0) is 32.1 Å². The summed E-state index contributed by atoms with van der Waals surface area (Å²) in [7, 11) is 0. The van der Waals surface area contributed by atoms with Crippen molar-refractivity contribution in [2.24, 2.45) is 17.6 Å². The van der Waals surface area contributed by atoms with Crippen LogP contribution in [0.15, 0.2) is 0 Å². The molecule has 0 radical (unpaired) electrons. The Hall–Kier alpha value is -1.43. The predicted molar refractivity (Wildman–Crippen MR) is 80.2 cm³/mol. The first-order valence-electron chi connectivity index (χ1n) is 7.63. The van der Waals surface area contributed by atoms with Gasteiger partial charge in [0.2, 0.25) is 17.7 Å². The van der Waals surface area contributed by atoms with Crippen molar-refractivity contribution >= 4 is 17.7 Å². The van der Waals surface area contributed by atoms with Crippen LogP contribution in [0, 0.1) is 11.8 Å². The maximum Gasteiger partial charge on any atom is 0.245 e. The van der Waals surface area contributed by atoms with Gasteiger partial charge in [-0.15, -0.1) is 0 Å². The first-order chi connectivity index (χ1) is 9.72. The third kappa shape index (κ3) is 5.83. The second-order valence-corrected chi connectivity index (χ2v) is 6.59. The lowest BCUT2D eigenvalue weighted by molar-refractivity contribution is -0.134. The van der Waals surface area contributed by atoms with Gasteiger partial charge in [-0.25, -0.2) is 0 Å². The van der Waals surface area contributed by atoms with Gasteiger partial charge >= 0.3 is 0 Å². The maximum atomic E-state index is 11.9. The molecule has 1 aliphatic carbocycles. The van der Waals surface area contributed by atoms with Crippen molar-refractivity contribution in [1.29, 1.82) is 0 Å². The molecule has 21 heavy (non-hydrogen) atoms. The van der Waals surface area contributed by atoms with Crippen molar-refractivity contribution in [2.45, 2.75) is 58.4 Å². The van der Waals surface area contributed by atoms with Crippen molar-refractivity contribution in [3.8, 4) is 0 Å². The Balaban J connectivity index is 2.35. The highest BCUT2D eigenvalue weighted by Gasteiger charge is 2.30. The zero-order valence-corrected chi connectivity index (χ0v) is 13.2. The molecule has 120 valence electrons. The van der Waals surface area contributed by atoms with Gasteiger partial charge in [-0.2, -0.15) is 0 Å². The number of hydrogen-bond donors (Lipinski definition) is 3. The summed E-state index contributed by atoms with van der Waals surface area (Å²) in [5.74, 6) is -0.876. The number of imide groups is 1. The Bertz CT molecular complexity index is 399. The molecule has 0 bridgehead atoms. The average molecular weight is 297 g/mol. The number of amides is 3. The molecule has 1 fully saturated rings. The van der Waals surface area contributed by atoms with Crippen molar-refractivity contribution in [3.63, 3.8) is 0 Å². The smallest absolute Gasteiger partial charge is 0.245 e. The fourth-order valence-corrected chi connectivity index (χ4v) is 2.77. The van der Waals surface area contributed by atoms with Crippen LogP contribution in [0.4, 0.5) is 0 Å². The summed E-state index contributed by atoms with van der Waals surface area (Å²) in [6.07, 6.45) is 4.26. The molecule has 4 N–H and O–H groups in total. The number of nitrogens with two attached hydrogens (primary N) is 1. The molecular formula is C15H27N3O3. The van der Waals surface area contributed by atoms with E-state index in [1.54, 1.807) is 6.92 Å². The molecule has 6 nitrogen and oxygen atoms in total. The van der Waals surface area contributed by atoms with Crippen LogP contribution in [-0.4, -0.2) is 29.8 Å². The third-order valence-corrected chi connectivity index (χ3v) is 3.75. The Morgan fingerprint density at radius 2 is 1.81 bits per heavy atom. The SMILES string of the molecule is CC(C)C[C@@](C)(N)C(=O)NCC(=O)NC(=O)C1CCCC1. The van der Waals surface area contributed by atoms with Gasteiger partial charge in [0.15, 0.2) is 0 Å². The molecule has 0 heterocycles. The summed E-state index contributed by atoms with van der Waals surface area (Å²) in [6, 6.07) is 0. The summed E-state index contributed by atoms with van der Waals surface area (Å²) in [4.78, 5) is 35.4. The Labute approximate surface area is 126 Å². The molecule has 3 amide bonds. The van der Waals surface area contributed by atoms with Gasteiger partial charge in [-0.1, -0.05) is 26.7 Å². The molecule has 0 aromatic carbocycles. The van der Waals surface area contributed by atoms with Gasteiger partial charge < -0.3 is 11.1 Å². The Kier molecular flexibility index (Phi) is 6.33. The van der Waals surface area contributed by atoms with Gasteiger partial charge in [0.05, 0.1) is 12.1 Å². The number of hydrogen-bond acceptors (Lipinski definition) is 4. The van der Waals surface area contributed by atoms with Crippen molar-refractivity contribution in [1.82, 2.24) is 10.6 Å². The van der Waals surface area contributed by atoms with E-state index >= 15 is 0 Å². The van der Waals surface area contributed by atoms with E-state index in [9.17, 15) is 14.4 Å². The zero-order chi connectivity index (χ0) is 16.0. The molecule has 1 saturated carbocycles. The minimum atomic E-state index is -1.01. The summed E-state index contributed by atoms with van der Waals surface area (Å²) in [6.45, 7) is 5.38. The first-order valence-corrected chi connectivity index (χ1v) is 7.63. The van der Waals surface area contributed by atoms with Gasteiger partial charge in [0.25, 0.3) is 0 Å². The van der Waals surface area contributed by atoms with Crippen LogP contribution in [0.3, 0.4) is 0 Å². The fourth-order valence-electron chi connectivity index (χ4n) is 2.77. The lowest BCUT2D eigenvalue weighted by Crippen LogP contribution is -2.54. The van der Waals surface area contributed by atoms with E-state index in [1.807, 2.05) is 13.8 Å². The molecule has 0 aliphatic heterocycles. The fraction of sp³-hybridized carbons (Fsp3) is 0.800. The van der Waals surface area contributed by atoms with Crippen LogP contribution in [-0.2, 0) is 14.4 Å². The molecule has 0 aromatic rings. The minimum Gasteiger partial charge on any atom is -0.345 e. The lowest BCUT2D eigenvalue weighted by Gasteiger charge is -2.25. The highest BCUT2D eigenvalue weighted by atomic mass is 16.2. The molecule has 0 spiro atoms. The van der Waals surface area contributed by atoms with E-state index < -0.39 is 11.4 Å².